The van der Waals surface area contributed by atoms with Crippen LogP contribution < -0.4 is 10.1 Å². The predicted octanol–water partition coefficient (Wildman–Crippen LogP) is 2.07. The number of nitrogens with zero attached hydrogens (tertiary/aromatic N) is 1. The molecule has 1 atom stereocenters. The molecule has 0 spiro atoms. The first-order valence-corrected chi connectivity index (χ1v) is 7.59. The highest BCUT2D eigenvalue weighted by atomic mass is 19.1. The van der Waals surface area contributed by atoms with Gasteiger partial charge in [-0.3, -0.25) is 9.89 Å². The molecule has 1 aliphatic carbocycles. The average molecular weight is 313 g/mol. The summed E-state index contributed by atoms with van der Waals surface area (Å²) < 4.78 is 18.5. The lowest BCUT2D eigenvalue weighted by Crippen LogP contribution is -2.51. The first-order chi connectivity index (χ1) is 11.2. The van der Waals surface area contributed by atoms with E-state index < -0.39 is 5.41 Å². The van der Waals surface area contributed by atoms with Gasteiger partial charge in [0, 0.05) is 6.54 Å². The highest BCUT2D eigenvalue weighted by Gasteiger charge is 2.47. The Morgan fingerprint density at radius 3 is 2.96 bits per heavy atom. The summed E-state index contributed by atoms with van der Waals surface area (Å²) in [6.45, 7) is 1.37. The summed E-state index contributed by atoms with van der Waals surface area (Å²) in [5.41, 5.74) is 2.31. The number of hydrogen-bond donors (Lipinski definition) is 2. The van der Waals surface area contributed by atoms with Crippen molar-refractivity contribution >= 4 is 12.0 Å². The largest absolute Gasteiger partial charge is 0.426 e. The summed E-state index contributed by atoms with van der Waals surface area (Å²) in [5.74, 6) is -0.313. The minimum Gasteiger partial charge on any atom is -0.426 e. The lowest BCUT2D eigenvalue weighted by atomic mass is 9.69. The monoisotopic (exact) mass is 313 g/mol. The fraction of sp³-hybridized carbons (Fsp3) is 0.294. The zero-order valence-electron chi connectivity index (χ0n) is 12.4. The highest BCUT2D eigenvalue weighted by Crippen LogP contribution is 2.42. The second-order valence-corrected chi connectivity index (χ2v) is 6.01. The molecule has 2 N–H and O–H groups in total. The maximum Gasteiger partial charge on any atom is 0.323 e. The van der Waals surface area contributed by atoms with Crippen LogP contribution >= 0.6 is 0 Å². The molecule has 1 saturated heterocycles. The molecule has 6 heteroatoms. The Morgan fingerprint density at radius 2 is 2.13 bits per heavy atom. The molecule has 0 radical (unpaired) electrons. The Labute approximate surface area is 132 Å². The van der Waals surface area contributed by atoms with Gasteiger partial charge in [-0.25, -0.2) is 4.39 Å². The van der Waals surface area contributed by atoms with Crippen LogP contribution in [0.4, 0.5) is 4.39 Å². The normalized spacial score (nSPS) is 22.7. The summed E-state index contributed by atoms with van der Waals surface area (Å²) in [6, 6.07) is 5.50. The smallest absolute Gasteiger partial charge is 0.323 e. The van der Waals surface area contributed by atoms with Crippen LogP contribution in [0.25, 0.3) is 6.08 Å². The minimum atomic E-state index is -0.719. The highest BCUT2D eigenvalue weighted by molar-refractivity contribution is 5.87. The summed E-state index contributed by atoms with van der Waals surface area (Å²) in [6.07, 6.45) is 5.11. The molecular weight excluding hydrogens is 297 g/mol. The van der Waals surface area contributed by atoms with Crippen molar-refractivity contribution < 1.29 is 13.9 Å². The molecule has 0 saturated carbocycles. The number of esters is 1. The average Bonchev–Trinajstić information content (AvgIpc) is 3.01. The van der Waals surface area contributed by atoms with Gasteiger partial charge in [0.25, 0.3) is 0 Å². The number of piperidine rings is 1. The lowest BCUT2D eigenvalue weighted by Gasteiger charge is -2.39. The SMILES string of the molecule is O=C(Oc1ccc(F)cc1)C12CNCCC1=Cc1[nH]ncc1C2. The van der Waals surface area contributed by atoms with Crippen LogP contribution in [0.5, 0.6) is 5.75 Å². The van der Waals surface area contributed by atoms with Gasteiger partial charge < -0.3 is 10.1 Å². The van der Waals surface area contributed by atoms with E-state index in [-0.39, 0.29) is 11.8 Å². The fourth-order valence-corrected chi connectivity index (χ4v) is 3.33. The molecule has 118 valence electrons. The van der Waals surface area contributed by atoms with Crippen LogP contribution in [-0.2, 0) is 11.2 Å². The number of aromatic nitrogens is 2. The van der Waals surface area contributed by atoms with Gasteiger partial charge >= 0.3 is 5.97 Å². The van der Waals surface area contributed by atoms with Crippen molar-refractivity contribution in [2.24, 2.45) is 5.41 Å². The van der Waals surface area contributed by atoms with Gasteiger partial charge in [-0.05, 0) is 60.9 Å². The predicted molar refractivity (Wildman–Crippen MR) is 82.2 cm³/mol. The van der Waals surface area contributed by atoms with Crippen LogP contribution in [0.3, 0.4) is 0 Å². The molecule has 2 aromatic rings. The van der Waals surface area contributed by atoms with Crippen molar-refractivity contribution in [2.45, 2.75) is 12.8 Å². The molecule has 1 aliphatic heterocycles. The van der Waals surface area contributed by atoms with E-state index >= 15 is 0 Å². The Morgan fingerprint density at radius 1 is 1.30 bits per heavy atom. The van der Waals surface area contributed by atoms with E-state index in [0.717, 1.165) is 29.8 Å². The molecule has 2 aliphatic rings. The quantitative estimate of drug-likeness (QED) is 0.658. The topological polar surface area (TPSA) is 67.0 Å². The maximum absolute atomic E-state index is 13.0. The van der Waals surface area contributed by atoms with Crippen molar-refractivity contribution in [3.8, 4) is 5.75 Å². The second kappa shape index (κ2) is 5.31. The van der Waals surface area contributed by atoms with Crippen LogP contribution in [0.15, 0.2) is 36.0 Å². The number of hydrogen-bond acceptors (Lipinski definition) is 4. The van der Waals surface area contributed by atoms with Gasteiger partial charge in [-0.1, -0.05) is 0 Å². The molecule has 1 fully saturated rings. The number of H-pyrrole nitrogens is 1. The van der Waals surface area contributed by atoms with E-state index in [1.807, 2.05) is 6.08 Å². The number of carbonyl (C=O) groups is 1. The standard InChI is InChI=1S/C17H16FN3O2/c18-13-1-3-14(4-2-13)23-16(22)17-8-11-9-20-21-15(11)7-12(17)5-6-19-10-17/h1-4,7,9,19H,5-6,8,10H2,(H,20,21). The molecule has 1 unspecified atom stereocenters. The number of nitrogens with one attached hydrogen (secondary N) is 2. The first-order valence-electron chi connectivity index (χ1n) is 7.59. The van der Waals surface area contributed by atoms with Crippen molar-refractivity contribution in [2.75, 3.05) is 13.1 Å². The third-order valence-corrected chi connectivity index (χ3v) is 4.59. The molecular formula is C17H16FN3O2. The van der Waals surface area contributed by atoms with Crippen molar-refractivity contribution in [3.63, 3.8) is 0 Å². The number of fused-ring (bicyclic) bond motifs is 2. The van der Waals surface area contributed by atoms with E-state index in [4.69, 9.17) is 4.74 Å². The number of benzene rings is 1. The summed E-state index contributed by atoms with van der Waals surface area (Å²) in [7, 11) is 0. The van der Waals surface area contributed by atoms with Crippen molar-refractivity contribution in [3.05, 3.63) is 53.1 Å². The van der Waals surface area contributed by atoms with Crippen LogP contribution in [0, 0.1) is 11.2 Å². The number of rotatable bonds is 2. The van der Waals surface area contributed by atoms with Crippen molar-refractivity contribution in [1.29, 1.82) is 0 Å². The summed E-state index contributed by atoms with van der Waals surface area (Å²) >= 11 is 0. The number of ether oxygens (including phenoxy) is 1. The van der Waals surface area contributed by atoms with Gasteiger partial charge in [-0.15, -0.1) is 0 Å². The molecule has 1 aromatic carbocycles. The van der Waals surface area contributed by atoms with Crippen LogP contribution in [0.2, 0.25) is 0 Å². The molecule has 0 bridgehead atoms. The summed E-state index contributed by atoms with van der Waals surface area (Å²) in [5, 5.41) is 10.3. The summed E-state index contributed by atoms with van der Waals surface area (Å²) in [4.78, 5) is 12.9. The third-order valence-electron chi connectivity index (χ3n) is 4.59. The number of halogens is 1. The van der Waals surface area contributed by atoms with E-state index in [2.05, 4.69) is 15.5 Å². The molecule has 1 aromatic heterocycles. The fourth-order valence-electron chi connectivity index (χ4n) is 3.33. The first kappa shape index (κ1) is 14.1. The van der Waals surface area contributed by atoms with Gasteiger partial charge in [0.1, 0.15) is 17.0 Å². The number of carbonyl (C=O) groups excluding carboxylic acids is 1. The van der Waals surface area contributed by atoms with Crippen molar-refractivity contribution in [1.82, 2.24) is 15.5 Å². The molecule has 23 heavy (non-hydrogen) atoms. The second-order valence-electron chi connectivity index (χ2n) is 6.01. The maximum atomic E-state index is 13.0. The van der Waals surface area contributed by atoms with E-state index in [0.29, 0.717) is 18.7 Å². The Hall–Kier alpha value is -2.47. The Balaban J connectivity index is 1.67. The molecule has 2 heterocycles. The van der Waals surface area contributed by atoms with Crippen LogP contribution in [-0.4, -0.2) is 29.3 Å². The van der Waals surface area contributed by atoms with Gasteiger partial charge in [0.05, 0.1) is 11.9 Å². The Bertz CT molecular complexity index is 781. The van der Waals surface area contributed by atoms with Gasteiger partial charge in [0.15, 0.2) is 0 Å². The zero-order chi connectivity index (χ0) is 15.9. The zero-order valence-corrected chi connectivity index (χ0v) is 12.4. The number of aromatic amines is 1. The van der Waals surface area contributed by atoms with Gasteiger partial charge in [0.2, 0.25) is 0 Å². The molecule has 5 nitrogen and oxygen atoms in total. The van der Waals surface area contributed by atoms with E-state index in [1.165, 1.54) is 24.3 Å². The van der Waals surface area contributed by atoms with E-state index in [9.17, 15) is 9.18 Å². The minimum absolute atomic E-state index is 0.311. The Kier molecular flexibility index (Phi) is 3.27. The van der Waals surface area contributed by atoms with Crippen LogP contribution in [0.1, 0.15) is 17.7 Å². The molecule has 4 rings (SSSR count). The third kappa shape index (κ3) is 2.35. The van der Waals surface area contributed by atoms with Gasteiger partial charge in [-0.2, -0.15) is 5.10 Å². The molecule has 0 amide bonds. The lowest BCUT2D eigenvalue weighted by molar-refractivity contribution is -0.144. The van der Waals surface area contributed by atoms with E-state index in [1.54, 1.807) is 6.20 Å².